The zero-order valence-corrected chi connectivity index (χ0v) is 19.8. The van der Waals surface area contributed by atoms with E-state index in [1.807, 2.05) is 44.2 Å². The zero-order chi connectivity index (χ0) is 25.4. The first kappa shape index (κ1) is 23.2. The summed E-state index contributed by atoms with van der Waals surface area (Å²) in [5, 5.41) is 4.40. The molecule has 0 saturated heterocycles. The van der Waals surface area contributed by atoms with E-state index >= 15 is 0 Å². The fraction of sp³-hybridized carbons (Fsp3) is 0.133. The summed E-state index contributed by atoms with van der Waals surface area (Å²) in [6, 6.07) is 24.6. The minimum atomic E-state index is -1.54. The number of hydrogen-bond donors (Lipinski definition) is 1. The Hall–Kier alpha value is -4.58. The van der Waals surface area contributed by atoms with Crippen molar-refractivity contribution >= 4 is 39.9 Å². The highest BCUT2D eigenvalue weighted by atomic mass is 16.5. The Morgan fingerprint density at radius 3 is 2.36 bits per heavy atom. The van der Waals surface area contributed by atoms with Gasteiger partial charge in [-0.1, -0.05) is 66.7 Å². The van der Waals surface area contributed by atoms with Crippen LogP contribution >= 0.6 is 0 Å². The first-order valence-electron chi connectivity index (χ1n) is 11.6. The molecule has 1 aliphatic rings. The molecule has 4 aromatic carbocycles. The lowest BCUT2D eigenvalue weighted by molar-refractivity contribution is -0.138. The standard InChI is InChI=1S/C30H23NO5/c1-17-8-7-13-24(18(17)2)31-29(34)27(33)25(28-22-11-5-6-12-23(22)30(35)36-28)26(32)21-15-14-19-9-3-4-10-20(19)16-21/h3-16,25,28H,1-2H3,(H,31,34)/t25-,28-/m0/s1. The average molecular weight is 478 g/mol. The third-order valence-electron chi connectivity index (χ3n) is 6.70. The van der Waals surface area contributed by atoms with Crippen LogP contribution in [0.25, 0.3) is 10.8 Å². The minimum Gasteiger partial charge on any atom is -0.453 e. The summed E-state index contributed by atoms with van der Waals surface area (Å²) in [5.41, 5.74) is 3.19. The van der Waals surface area contributed by atoms with E-state index < -0.39 is 35.5 Å². The van der Waals surface area contributed by atoms with Gasteiger partial charge in [-0.15, -0.1) is 0 Å². The number of amides is 1. The van der Waals surface area contributed by atoms with Gasteiger partial charge in [0.1, 0.15) is 12.0 Å². The molecule has 178 valence electrons. The highest BCUT2D eigenvalue weighted by molar-refractivity contribution is 6.45. The summed E-state index contributed by atoms with van der Waals surface area (Å²) in [7, 11) is 0. The summed E-state index contributed by atoms with van der Waals surface area (Å²) in [6.07, 6.45) is -1.20. The number of cyclic esters (lactones) is 1. The smallest absolute Gasteiger partial charge is 0.339 e. The van der Waals surface area contributed by atoms with Crippen LogP contribution < -0.4 is 5.32 Å². The number of carbonyl (C=O) groups excluding carboxylic acids is 4. The van der Waals surface area contributed by atoms with Crippen molar-refractivity contribution in [1.82, 2.24) is 0 Å². The van der Waals surface area contributed by atoms with E-state index in [1.165, 1.54) is 0 Å². The number of ketones is 2. The number of fused-ring (bicyclic) bond motifs is 2. The largest absolute Gasteiger partial charge is 0.453 e. The van der Waals surface area contributed by atoms with Crippen LogP contribution in [-0.2, 0) is 14.3 Å². The van der Waals surface area contributed by atoms with Gasteiger partial charge in [0.05, 0.1) is 5.56 Å². The van der Waals surface area contributed by atoms with Crippen molar-refractivity contribution in [3.05, 3.63) is 113 Å². The second kappa shape index (κ2) is 9.23. The third-order valence-corrected chi connectivity index (χ3v) is 6.70. The van der Waals surface area contributed by atoms with Gasteiger partial charge in [-0.2, -0.15) is 0 Å². The van der Waals surface area contributed by atoms with Crippen LogP contribution in [0, 0.1) is 19.8 Å². The van der Waals surface area contributed by atoms with Gasteiger partial charge in [-0.3, -0.25) is 14.4 Å². The van der Waals surface area contributed by atoms with Crippen molar-refractivity contribution in [3.8, 4) is 0 Å². The normalized spacial score (nSPS) is 15.2. The summed E-state index contributed by atoms with van der Waals surface area (Å²) in [6.45, 7) is 3.73. The first-order valence-corrected chi connectivity index (χ1v) is 11.6. The Morgan fingerprint density at radius 1 is 0.833 bits per heavy atom. The lowest BCUT2D eigenvalue weighted by Gasteiger charge is -2.21. The third kappa shape index (κ3) is 4.07. The summed E-state index contributed by atoms with van der Waals surface area (Å²) >= 11 is 0. The van der Waals surface area contributed by atoms with E-state index in [1.54, 1.807) is 54.6 Å². The van der Waals surface area contributed by atoms with Crippen LogP contribution in [0.2, 0.25) is 0 Å². The van der Waals surface area contributed by atoms with Crippen LogP contribution in [0.4, 0.5) is 5.69 Å². The van der Waals surface area contributed by atoms with E-state index in [2.05, 4.69) is 5.32 Å². The molecule has 0 saturated carbocycles. The second-order valence-corrected chi connectivity index (χ2v) is 8.88. The lowest BCUT2D eigenvalue weighted by Crippen LogP contribution is -2.38. The van der Waals surface area contributed by atoms with Crippen LogP contribution in [0.1, 0.15) is 43.5 Å². The molecule has 6 nitrogen and oxygen atoms in total. The van der Waals surface area contributed by atoms with E-state index in [-0.39, 0.29) is 11.1 Å². The summed E-state index contributed by atoms with van der Waals surface area (Å²) in [4.78, 5) is 53.1. The van der Waals surface area contributed by atoms with Gasteiger partial charge in [-0.05, 0) is 53.9 Å². The number of esters is 1. The van der Waals surface area contributed by atoms with Crippen LogP contribution in [-0.4, -0.2) is 23.4 Å². The van der Waals surface area contributed by atoms with E-state index in [0.717, 1.165) is 21.9 Å². The maximum absolute atomic E-state index is 13.8. The molecule has 0 aromatic heterocycles. The molecule has 2 atom stereocenters. The monoisotopic (exact) mass is 477 g/mol. The lowest BCUT2D eigenvalue weighted by atomic mass is 9.84. The number of benzene rings is 4. The highest BCUT2D eigenvalue weighted by Gasteiger charge is 2.46. The Kier molecular flexibility index (Phi) is 5.94. The molecule has 6 heteroatoms. The molecule has 36 heavy (non-hydrogen) atoms. The van der Waals surface area contributed by atoms with E-state index in [4.69, 9.17) is 4.74 Å². The van der Waals surface area contributed by atoms with Gasteiger partial charge in [0.2, 0.25) is 5.78 Å². The van der Waals surface area contributed by atoms with E-state index in [9.17, 15) is 19.2 Å². The van der Waals surface area contributed by atoms with Crippen molar-refractivity contribution in [2.75, 3.05) is 5.32 Å². The predicted molar refractivity (Wildman–Crippen MR) is 136 cm³/mol. The highest BCUT2D eigenvalue weighted by Crippen LogP contribution is 2.38. The predicted octanol–water partition coefficient (Wildman–Crippen LogP) is 5.38. The molecule has 0 radical (unpaired) electrons. The van der Waals surface area contributed by atoms with Gasteiger partial charge in [-0.25, -0.2) is 4.79 Å². The Balaban J connectivity index is 1.55. The van der Waals surface area contributed by atoms with Crippen LogP contribution in [0.3, 0.4) is 0 Å². The number of anilines is 1. The van der Waals surface area contributed by atoms with Crippen molar-refractivity contribution in [3.63, 3.8) is 0 Å². The molecular formula is C30H23NO5. The number of rotatable bonds is 6. The van der Waals surface area contributed by atoms with Crippen molar-refractivity contribution in [2.45, 2.75) is 20.0 Å². The van der Waals surface area contributed by atoms with Gasteiger partial charge in [0, 0.05) is 16.8 Å². The van der Waals surface area contributed by atoms with Crippen molar-refractivity contribution < 1.29 is 23.9 Å². The molecule has 4 aromatic rings. The fourth-order valence-electron chi connectivity index (χ4n) is 4.55. The Bertz CT molecular complexity index is 1550. The molecule has 0 spiro atoms. The number of carbonyl (C=O) groups is 4. The molecule has 5 rings (SSSR count). The van der Waals surface area contributed by atoms with Gasteiger partial charge in [0.25, 0.3) is 5.91 Å². The Morgan fingerprint density at radius 2 is 1.56 bits per heavy atom. The van der Waals surface area contributed by atoms with Gasteiger partial charge < -0.3 is 10.1 Å². The molecule has 0 fully saturated rings. The zero-order valence-electron chi connectivity index (χ0n) is 19.8. The maximum Gasteiger partial charge on any atom is 0.339 e. The van der Waals surface area contributed by atoms with Gasteiger partial charge in [0.15, 0.2) is 5.78 Å². The summed E-state index contributed by atoms with van der Waals surface area (Å²) < 4.78 is 5.53. The second-order valence-electron chi connectivity index (χ2n) is 8.88. The molecule has 1 N–H and O–H groups in total. The van der Waals surface area contributed by atoms with Crippen LogP contribution in [0.15, 0.2) is 84.9 Å². The topological polar surface area (TPSA) is 89.5 Å². The number of Topliss-reactive ketones (excluding diaryl/α,β-unsaturated/α-hetero) is 2. The molecule has 0 bridgehead atoms. The molecule has 1 heterocycles. The quantitative estimate of drug-likeness (QED) is 0.174. The molecule has 1 aliphatic heterocycles. The number of nitrogens with one attached hydrogen (secondary N) is 1. The fourth-order valence-corrected chi connectivity index (χ4v) is 4.55. The van der Waals surface area contributed by atoms with Gasteiger partial charge >= 0.3 is 5.97 Å². The number of aryl methyl sites for hydroxylation is 1. The van der Waals surface area contributed by atoms with E-state index in [0.29, 0.717) is 11.3 Å². The molecule has 0 unspecified atom stereocenters. The SMILES string of the molecule is Cc1cccc(NC(=O)C(=O)[C@H](C(=O)c2ccc3ccccc3c2)[C@H]2OC(=O)c3ccccc32)c1C. The average Bonchev–Trinajstić information content (AvgIpc) is 3.22. The van der Waals surface area contributed by atoms with Crippen molar-refractivity contribution in [2.24, 2.45) is 5.92 Å². The Labute approximate surface area is 207 Å². The summed E-state index contributed by atoms with van der Waals surface area (Å²) in [5.74, 6) is -4.67. The molecule has 0 aliphatic carbocycles. The number of hydrogen-bond acceptors (Lipinski definition) is 5. The minimum absolute atomic E-state index is 0.256. The first-order chi connectivity index (χ1) is 17.3. The molecule has 1 amide bonds. The molecular weight excluding hydrogens is 454 g/mol. The van der Waals surface area contributed by atoms with Crippen molar-refractivity contribution in [1.29, 1.82) is 0 Å². The maximum atomic E-state index is 13.8. The van der Waals surface area contributed by atoms with Crippen LogP contribution in [0.5, 0.6) is 0 Å². The number of ether oxygens (including phenoxy) is 1.